The molecule has 1 rings (SSSR count). The molecule has 0 radical (unpaired) electrons. The second kappa shape index (κ2) is 3.34. The van der Waals surface area contributed by atoms with Gasteiger partial charge in [0.05, 0.1) is 0 Å². The van der Waals surface area contributed by atoms with Gasteiger partial charge in [0.1, 0.15) is 0 Å². The van der Waals surface area contributed by atoms with Gasteiger partial charge < -0.3 is 10.5 Å². The maximum atomic E-state index is 5.46. The first-order chi connectivity index (χ1) is 4.83. The Morgan fingerprint density at radius 3 is 2.30 bits per heavy atom. The molecular weight excluding hydrogens is 146 g/mol. The Kier molecular flexibility index (Phi) is 2.42. The molecule has 54 valence electrons. The first kappa shape index (κ1) is 7.24. The molecule has 1 aromatic carbocycles. The van der Waals surface area contributed by atoms with Crippen LogP contribution < -0.4 is 15.6 Å². The predicted octanol–water partition coefficient (Wildman–Crippen LogP) is 1.20. The zero-order valence-electron chi connectivity index (χ0n) is 5.37. The van der Waals surface area contributed by atoms with Crippen molar-refractivity contribution in [3.63, 3.8) is 0 Å². The normalized spacial score (nSPS) is 9.30. The van der Waals surface area contributed by atoms with Crippen LogP contribution in [0.5, 0.6) is 0 Å². The van der Waals surface area contributed by atoms with E-state index in [9.17, 15) is 0 Å². The van der Waals surface area contributed by atoms with E-state index in [0.717, 1.165) is 23.5 Å². The SMILES string of the molecule is NSNc1ccc(N)cc1. The van der Waals surface area contributed by atoms with Crippen LogP contribution in [0.4, 0.5) is 11.4 Å². The quantitative estimate of drug-likeness (QED) is 0.443. The summed E-state index contributed by atoms with van der Waals surface area (Å²) in [5.74, 6) is 0. The van der Waals surface area contributed by atoms with Gasteiger partial charge in [0.2, 0.25) is 0 Å². The van der Waals surface area contributed by atoms with Crippen molar-refractivity contribution in [2.75, 3.05) is 10.5 Å². The Hall–Kier alpha value is -0.870. The fourth-order valence-corrected chi connectivity index (χ4v) is 0.891. The molecule has 0 saturated carbocycles. The van der Waals surface area contributed by atoms with Crippen LogP contribution in [0.3, 0.4) is 0 Å². The molecular formula is C6H9N3S. The summed E-state index contributed by atoms with van der Waals surface area (Å²) >= 11 is 1.07. The van der Waals surface area contributed by atoms with Gasteiger partial charge in [-0.3, -0.25) is 5.14 Å². The average molecular weight is 155 g/mol. The third-order valence-corrected chi connectivity index (χ3v) is 1.44. The highest BCUT2D eigenvalue weighted by Gasteiger charge is 1.87. The number of hydrogen-bond acceptors (Lipinski definition) is 4. The summed E-state index contributed by atoms with van der Waals surface area (Å²) in [5, 5.41) is 5.17. The van der Waals surface area contributed by atoms with E-state index in [4.69, 9.17) is 10.9 Å². The van der Waals surface area contributed by atoms with Crippen LogP contribution in [0.1, 0.15) is 0 Å². The highest BCUT2D eigenvalue weighted by atomic mass is 32.2. The van der Waals surface area contributed by atoms with E-state index >= 15 is 0 Å². The minimum Gasteiger partial charge on any atom is -0.399 e. The van der Waals surface area contributed by atoms with E-state index < -0.39 is 0 Å². The van der Waals surface area contributed by atoms with Gasteiger partial charge in [0, 0.05) is 23.5 Å². The van der Waals surface area contributed by atoms with Crippen molar-refractivity contribution >= 4 is 23.5 Å². The van der Waals surface area contributed by atoms with Gasteiger partial charge >= 0.3 is 0 Å². The number of anilines is 2. The summed E-state index contributed by atoms with van der Waals surface area (Å²) in [6, 6.07) is 7.38. The van der Waals surface area contributed by atoms with Gasteiger partial charge in [-0.05, 0) is 24.3 Å². The average Bonchev–Trinajstić information content (AvgIpc) is 1.95. The molecule has 3 nitrogen and oxygen atoms in total. The Morgan fingerprint density at radius 2 is 1.80 bits per heavy atom. The Balaban J connectivity index is 2.69. The maximum Gasteiger partial charge on any atom is 0.0453 e. The summed E-state index contributed by atoms with van der Waals surface area (Å²) in [5.41, 5.74) is 7.17. The lowest BCUT2D eigenvalue weighted by atomic mass is 10.3. The number of nitrogens with two attached hydrogens (primary N) is 2. The molecule has 0 unspecified atom stereocenters. The van der Waals surface area contributed by atoms with Crippen molar-refractivity contribution in [1.29, 1.82) is 0 Å². The molecule has 0 heterocycles. The van der Waals surface area contributed by atoms with Crippen LogP contribution in [0, 0.1) is 0 Å². The third kappa shape index (κ3) is 1.82. The molecule has 0 saturated heterocycles. The molecule has 0 bridgehead atoms. The van der Waals surface area contributed by atoms with Gasteiger partial charge in [0.25, 0.3) is 0 Å². The van der Waals surface area contributed by atoms with Gasteiger partial charge in [0.15, 0.2) is 0 Å². The molecule has 0 aliphatic rings. The largest absolute Gasteiger partial charge is 0.399 e. The van der Waals surface area contributed by atoms with E-state index in [1.165, 1.54) is 0 Å². The first-order valence-corrected chi connectivity index (χ1v) is 3.68. The zero-order chi connectivity index (χ0) is 7.40. The molecule has 5 N–H and O–H groups in total. The van der Waals surface area contributed by atoms with Crippen LogP contribution in [0.25, 0.3) is 0 Å². The molecule has 10 heavy (non-hydrogen) atoms. The van der Waals surface area contributed by atoms with Crippen molar-refractivity contribution in [3.05, 3.63) is 24.3 Å². The van der Waals surface area contributed by atoms with Crippen LogP contribution in [0.2, 0.25) is 0 Å². The summed E-state index contributed by atoms with van der Waals surface area (Å²) in [6.07, 6.45) is 0. The second-order valence-corrected chi connectivity index (χ2v) is 2.28. The molecule has 0 aliphatic carbocycles. The summed E-state index contributed by atoms with van der Waals surface area (Å²) in [7, 11) is 0. The van der Waals surface area contributed by atoms with Crippen LogP contribution >= 0.6 is 12.1 Å². The topological polar surface area (TPSA) is 64.1 Å². The number of rotatable bonds is 2. The molecule has 0 spiro atoms. The molecule has 1 aromatic rings. The van der Waals surface area contributed by atoms with Gasteiger partial charge in [-0.2, -0.15) is 0 Å². The number of nitrogens with one attached hydrogen (secondary N) is 1. The van der Waals surface area contributed by atoms with E-state index in [1.54, 1.807) is 0 Å². The summed E-state index contributed by atoms with van der Waals surface area (Å²) in [6.45, 7) is 0. The zero-order valence-corrected chi connectivity index (χ0v) is 6.19. The lowest BCUT2D eigenvalue weighted by Gasteiger charge is -1.99. The Bertz CT molecular complexity index is 197. The lowest BCUT2D eigenvalue weighted by Crippen LogP contribution is -1.91. The lowest BCUT2D eigenvalue weighted by molar-refractivity contribution is 1.66. The van der Waals surface area contributed by atoms with E-state index in [1.807, 2.05) is 24.3 Å². The molecule has 0 atom stereocenters. The Morgan fingerprint density at radius 1 is 1.20 bits per heavy atom. The minimum atomic E-state index is 0.757. The first-order valence-electron chi connectivity index (χ1n) is 2.80. The summed E-state index contributed by atoms with van der Waals surface area (Å²) in [4.78, 5) is 0. The number of benzene rings is 1. The molecule has 0 amide bonds. The van der Waals surface area contributed by atoms with E-state index in [0.29, 0.717) is 0 Å². The smallest absolute Gasteiger partial charge is 0.0453 e. The van der Waals surface area contributed by atoms with Gasteiger partial charge in [-0.15, -0.1) is 0 Å². The predicted molar refractivity (Wildman–Crippen MR) is 46.3 cm³/mol. The molecule has 4 heteroatoms. The number of nitrogen functional groups attached to an aromatic ring is 1. The standard InChI is InChI=1S/C6H9N3S/c7-5-1-3-6(4-2-5)9-10-8/h1-4,9H,7-8H2. The molecule has 0 fully saturated rings. The monoisotopic (exact) mass is 155 g/mol. The van der Waals surface area contributed by atoms with Gasteiger partial charge in [-0.25, -0.2) is 0 Å². The fraction of sp³-hybridized carbons (Fsp3) is 0. The highest BCUT2D eigenvalue weighted by Crippen LogP contribution is 2.11. The molecule has 0 aromatic heterocycles. The Labute approximate surface area is 64.1 Å². The third-order valence-electron chi connectivity index (χ3n) is 1.09. The van der Waals surface area contributed by atoms with Crippen molar-refractivity contribution in [2.45, 2.75) is 0 Å². The summed E-state index contributed by atoms with van der Waals surface area (Å²) < 4.78 is 2.87. The van der Waals surface area contributed by atoms with Gasteiger partial charge in [-0.1, -0.05) is 0 Å². The number of hydrogen-bond donors (Lipinski definition) is 3. The maximum absolute atomic E-state index is 5.46. The van der Waals surface area contributed by atoms with Crippen molar-refractivity contribution in [2.24, 2.45) is 5.14 Å². The minimum absolute atomic E-state index is 0.757. The van der Waals surface area contributed by atoms with E-state index in [2.05, 4.69) is 4.72 Å². The molecule has 0 aliphatic heterocycles. The highest BCUT2D eigenvalue weighted by molar-refractivity contribution is 7.98. The second-order valence-electron chi connectivity index (χ2n) is 1.84. The van der Waals surface area contributed by atoms with Crippen molar-refractivity contribution in [3.8, 4) is 0 Å². The fourth-order valence-electron chi connectivity index (χ4n) is 0.619. The van der Waals surface area contributed by atoms with Crippen molar-refractivity contribution < 1.29 is 0 Å². The van der Waals surface area contributed by atoms with Crippen LogP contribution in [-0.2, 0) is 0 Å². The van der Waals surface area contributed by atoms with Crippen LogP contribution in [0.15, 0.2) is 24.3 Å². The van der Waals surface area contributed by atoms with Crippen molar-refractivity contribution in [1.82, 2.24) is 0 Å². The van der Waals surface area contributed by atoms with Crippen LogP contribution in [-0.4, -0.2) is 0 Å². The van der Waals surface area contributed by atoms with E-state index in [-0.39, 0.29) is 0 Å².